The Morgan fingerprint density at radius 3 is 2.62 bits per heavy atom. The van der Waals surface area contributed by atoms with E-state index in [1.807, 2.05) is 11.9 Å². The van der Waals surface area contributed by atoms with Crippen LogP contribution in [0.25, 0.3) is 17.1 Å². The standard InChI is InChI=1S/C18H18FN3O4/c1-10-8-22-9-12(18(24)25)16(23)11-7-13(19)15(17(26-10)14(11)22)21-5-3-20(2)4-6-21/h7-9H,3-6H2,1-2H3,(H,24,25). The van der Waals surface area contributed by atoms with Gasteiger partial charge in [0, 0.05) is 38.6 Å². The van der Waals surface area contributed by atoms with E-state index in [0.29, 0.717) is 30.1 Å². The molecule has 2 aliphatic rings. The number of aromatic nitrogens is 1. The third kappa shape index (κ3) is 2.45. The number of aromatic carboxylic acids is 1. The first-order valence-corrected chi connectivity index (χ1v) is 8.31. The largest absolute Gasteiger partial charge is 0.477 e. The number of pyridine rings is 1. The molecule has 0 unspecified atom stereocenters. The summed E-state index contributed by atoms with van der Waals surface area (Å²) in [6, 6.07) is 1.12. The minimum atomic E-state index is -1.34. The molecule has 1 aromatic heterocycles. The molecular weight excluding hydrogens is 341 g/mol. The monoisotopic (exact) mass is 359 g/mol. The first kappa shape index (κ1) is 16.6. The van der Waals surface area contributed by atoms with Gasteiger partial charge in [-0.15, -0.1) is 0 Å². The Bertz CT molecular complexity index is 1020. The van der Waals surface area contributed by atoms with Crippen LogP contribution in [-0.4, -0.2) is 53.8 Å². The van der Waals surface area contributed by atoms with E-state index in [9.17, 15) is 19.1 Å². The zero-order chi connectivity index (χ0) is 18.6. The Morgan fingerprint density at radius 2 is 1.96 bits per heavy atom. The van der Waals surface area contributed by atoms with Crippen molar-refractivity contribution in [1.29, 1.82) is 0 Å². The van der Waals surface area contributed by atoms with Crippen molar-refractivity contribution in [2.45, 2.75) is 6.92 Å². The van der Waals surface area contributed by atoms with Gasteiger partial charge in [0.1, 0.15) is 22.5 Å². The van der Waals surface area contributed by atoms with Crippen LogP contribution in [0, 0.1) is 5.82 Å². The molecule has 0 amide bonds. The normalized spacial score (nSPS) is 17.2. The number of rotatable bonds is 2. The fourth-order valence-electron chi connectivity index (χ4n) is 3.50. The van der Waals surface area contributed by atoms with Gasteiger partial charge in [-0.25, -0.2) is 9.18 Å². The van der Waals surface area contributed by atoms with Crippen LogP contribution in [0.5, 0.6) is 5.75 Å². The lowest BCUT2D eigenvalue weighted by molar-refractivity contribution is 0.0695. The number of piperazine rings is 1. The van der Waals surface area contributed by atoms with Crippen LogP contribution in [0.1, 0.15) is 17.3 Å². The number of halogens is 1. The average Bonchev–Trinajstić information content (AvgIpc) is 2.58. The third-order valence-corrected chi connectivity index (χ3v) is 4.83. The molecular formula is C18H18FN3O4. The lowest BCUT2D eigenvalue weighted by atomic mass is 10.1. The first-order valence-electron chi connectivity index (χ1n) is 8.31. The van der Waals surface area contributed by atoms with Gasteiger partial charge in [-0.05, 0) is 20.0 Å². The number of likely N-dealkylation sites (N-methyl/N-ethyl adjacent to an activating group) is 1. The SMILES string of the molecule is CC1=Cn2cc(C(=O)O)c(=O)c3cc(F)c(N4CCN(C)CC4)c(c32)O1. The number of carbonyl (C=O) groups is 1. The van der Waals surface area contributed by atoms with Crippen molar-refractivity contribution in [2.75, 3.05) is 38.1 Å². The highest BCUT2D eigenvalue weighted by molar-refractivity contribution is 5.98. The summed E-state index contributed by atoms with van der Waals surface area (Å²) in [7, 11) is 2.01. The number of hydrogen-bond acceptors (Lipinski definition) is 5. The molecule has 0 aliphatic carbocycles. The van der Waals surface area contributed by atoms with Gasteiger partial charge in [0.25, 0.3) is 0 Å². The van der Waals surface area contributed by atoms with Crippen molar-refractivity contribution in [1.82, 2.24) is 9.47 Å². The second-order valence-electron chi connectivity index (χ2n) is 6.65. The van der Waals surface area contributed by atoms with Crippen LogP contribution in [0.3, 0.4) is 0 Å². The van der Waals surface area contributed by atoms with Gasteiger partial charge in [0.05, 0.1) is 5.39 Å². The maximum Gasteiger partial charge on any atom is 0.341 e. The second kappa shape index (κ2) is 5.84. The van der Waals surface area contributed by atoms with Crippen molar-refractivity contribution in [3.63, 3.8) is 0 Å². The summed E-state index contributed by atoms with van der Waals surface area (Å²) >= 11 is 0. The lowest BCUT2D eigenvalue weighted by Crippen LogP contribution is -2.45. The van der Waals surface area contributed by atoms with Gasteiger partial charge in [-0.1, -0.05) is 0 Å². The molecule has 1 aromatic carbocycles. The summed E-state index contributed by atoms with van der Waals surface area (Å²) in [5.74, 6) is -1.18. The predicted molar refractivity (Wildman–Crippen MR) is 95.4 cm³/mol. The molecule has 3 heterocycles. The van der Waals surface area contributed by atoms with Crippen molar-refractivity contribution >= 4 is 28.8 Å². The molecule has 0 saturated carbocycles. The van der Waals surface area contributed by atoms with Gasteiger partial charge in [-0.2, -0.15) is 0 Å². The van der Waals surface area contributed by atoms with Crippen LogP contribution in [0.2, 0.25) is 0 Å². The van der Waals surface area contributed by atoms with E-state index < -0.39 is 22.8 Å². The topological polar surface area (TPSA) is 75.0 Å². The fraction of sp³-hybridized carbons (Fsp3) is 0.333. The van der Waals surface area contributed by atoms with Gasteiger partial charge >= 0.3 is 5.97 Å². The smallest absolute Gasteiger partial charge is 0.341 e. The van der Waals surface area contributed by atoms with Crippen molar-refractivity contribution in [3.05, 3.63) is 39.6 Å². The van der Waals surface area contributed by atoms with Crippen molar-refractivity contribution in [2.24, 2.45) is 0 Å². The van der Waals surface area contributed by atoms with E-state index in [1.54, 1.807) is 13.1 Å². The molecule has 8 heteroatoms. The number of ether oxygens (including phenoxy) is 1. The van der Waals surface area contributed by atoms with E-state index in [1.165, 1.54) is 10.8 Å². The highest BCUT2D eigenvalue weighted by Crippen LogP contribution is 2.41. The van der Waals surface area contributed by atoms with E-state index in [0.717, 1.165) is 19.2 Å². The number of nitrogens with zero attached hydrogens (tertiary/aromatic N) is 3. The molecule has 1 fully saturated rings. The van der Waals surface area contributed by atoms with Gasteiger partial charge in [0.15, 0.2) is 11.6 Å². The minimum absolute atomic E-state index is 0.000900. The zero-order valence-corrected chi connectivity index (χ0v) is 14.5. The second-order valence-corrected chi connectivity index (χ2v) is 6.65. The molecule has 1 saturated heterocycles. The average molecular weight is 359 g/mol. The molecule has 0 radical (unpaired) electrons. The lowest BCUT2D eigenvalue weighted by Gasteiger charge is -2.35. The number of carboxylic acid groups (broad SMARTS) is 1. The molecule has 7 nitrogen and oxygen atoms in total. The van der Waals surface area contributed by atoms with E-state index >= 15 is 0 Å². The molecule has 2 aliphatic heterocycles. The first-order chi connectivity index (χ1) is 12.4. The van der Waals surface area contributed by atoms with Gasteiger partial charge < -0.3 is 24.2 Å². The maximum atomic E-state index is 15.0. The van der Waals surface area contributed by atoms with Crippen LogP contribution < -0.4 is 15.1 Å². The zero-order valence-electron chi connectivity index (χ0n) is 14.5. The highest BCUT2D eigenvalue weighted by atomic mass is 19.1. The Balaban J connectivity index is 2.01. The number of hydrogen-bond donors (Lipinski definition) is 1. The molecule has 0 bridgehead atoms. The number of benzene rings is 1. The van der Waals surface area contributed by atoms with Gasteiger partial charge in [0.2, 0.25) is 5.43 Å². The highest BCUT2D eigenvalue weighted by Gasteiger charge is 2.29. The van der Waals surface area contributed by atoms with Crippen LogP contribution in [-0.2, 0) is 0 Å². The molecule has 136 valence electrons. The molecule has 26 heavy (non-hydrogen) atoms. The third-order valence-electron chi connectivity index (χ3n) is 4.83. The van der Waals surface area contributed by atoms with Crippen molar-refractivity contribution < 1.29 is 19.0 Å². The quantitative estimate of drug-likeness (QED) is 0.881. The molecule has 4 rings (SSSR count). The number of allylic oxidation sites excluding steroid dienone is 1. The number of anilines is 1. The van der Waals surface area contributed by atoms with Crippen LogP contribution in [0.15, 0.2) is 22.8 Å². The predicted octanol–water partition coefficient (Wildman–Crippen LogP) is 1.80. The Morgan fingerprint density at radius 1 is 1.27 bits per heavy atom. The minimum Gasteiger partial charge on any atom is -0.477 e. The summed E-state index contributed by atoms with van der Waals surface area (Å²) in [6.45, 7) is 4.55. The van der Waals surface area contributed by atoms with E-state index in [-0.39, 0.29) is 11.1 Å². The molecule has 1 N–H and O–H groups in total. The van der Waals surface area contributed by atoms with E-state index in [2.05, 4.69) is 4.90 Å². The summed E-state index contributed by atoms with van der Waals surface area (Å²) in [5, 5.41) is 9.28. The summed E-state index contributed by atoms with van der Waals surface area (Å²) in [4.78, 5) is 28.0. The van der Waals surface area contributed by atoms with Gasteiger partial charge in [-0.3, -0.25) is 4.79 Å². The summed E-state index contributed by atoms with van der Waals surface area (Å²) < 4.78 is 22.3. The van der Waals surface area contributed by atoms with Crippen LogP contribution in [0.4, 0.5) is 10.1 Å². The summed E-state index contributed by atoms with van der Waals surface area (Å²) in [5.41, 5.74) is -0.415. The number of carboxylic acids is 1. The molecule has 0 atom stereocenters. The Labute approximate surface area is 148 Å². The summed E-state index contributed by atoms with van der Waals surface area (Å²) in [6.07, 6.45) is 2.85. The van der Waals surface area contributed by atoms with E-state index in [4.69, 9.17) is 4.74 Å². The fourth-order valence-corrected chi connectivity index (χ4v) is 3.50. The maximum absolute atomic E-state index is 15.0. The van der Waals surface area contributed by atoms with Crippen molar-refractivity contribution in [3.8, 4) is 5.75 Å². The Hall–Kier alpha value is -2.87. The van der Waals surface area contributed by atoms with Crippen LogP contribution >= 0.6 is 0 Å². The Kier molecular flexibility index (Phi) is 3.73. The molecule has 0 spiro atoms. The molecule has 2 aromatic rings.